The number of halogens is 1. The highest BCUT2D eigenvalue weighted by atomic mass is 35.5. The van der Waals surface area contributed by atoms with Crippen LogP contribution < -0.4 is 4.74 Å². The van der Waals surface area contributed by atoms with Crippen LogP contribution in [-0.2, 0) is 17.8 Å². The van der Waals surface area contributed by atoms with Gasteiger partial charge in [0.1, 0.15) is 5.75 Å². The third kappa shape index (κ3) is 4.88. The summed E-state index contributed by atoms with van der Waals surface area (Å²) in [5.41, 5.74) is 0.924. The van der Waals surface area contributed by atoms with Crippen LogP contribution in [0.2, 0.25) is 0 Å². The molecular formula is C15H12ClNO5S. The van der Waals surface area contributed by atoms with Gasteiger partial charge in [-0.1, -0.05) is 30.3 Å². The lowest BCUT2D eigenvalue weighted by atomic mass is 10.2. The van der Waals surface area contributed by atoms with Gasteiger partial charge in [-0.2, -0.15) is 4.31 Å². The Morgan fingerprint density at radius 1 is 1.09 bits per heavy atom. The number of hydrogen-bond acceptors (Lipinski definition) is 4. The number of rotatable bonds is 5. The molecule has 0 heterocycles. The van der Waals surface area contributed by atoms with Crippen molar-refractivity contribution in [1.82, 2.24) is 4.31 Å². The van der Waals surface area contributed by atoms with Crippen molar-refractivity contribution in [3.8, 4) is 5.75 Å². The average Bonchev–Trinajstić information content (AvgIpc) is 2.53. The molecule has 2 aromatic rings. The molecular weight excluding hydrogens is 342 g/mol. The van der Waals surface area contributed by atoms with Gasteiger partial charge in [0, 0.05) is 5.56 Å². The van der Waals surface area contributed by atoms with E-state index >= 15 is 0 Å². The van der Waals surface area contributed by atoms with Crippen LogP contribution in [0.4, 0.5) is 4.79 Å². The normalized spacial score (nSPS) is 11.6. The summed E-state index contributed by atoms with van der Waals surface area (Å²) in [6.07, 6.45) is -0.986. The number of amides is 1. The Hall–Kier alpha value is -2.22. The quantitative estimate of drug-likeness (QED) is 0.659. The van der Waals surface area contributed by atoms with Crippen LogP contribution in [0.3, 0.4) is 0 Å². The van der Waals surface area contributed by atoms with Crippen molar-refractivity contribution in [2.75, 3.05) is 0 Å². The van der Waals surface area contributed by atoms with Crippen molar-refractivity contribution in [3.63, 3.8) is 0 Å². The largest absolute Gasteiger partial charge is 0.429 e. The van der Waals surface area contributed by atoms with Gasteiger partial charge in [0.05, 0.1) is 6.54 Å². The molecule has 0 radical (unpaired) electrons. The standard InChI is InChI=1S/C15H12ClNO5S/c16-14(18)12-6-8-13(9-7-12)22-15(19)17(23(20)21)10-11-4-2-1-3-5-11/h1-9H,10H2,(H,20,21). The van der Waals surface area contributed by atoms with Gasteiger partial charge in [-0.3, -0.25) is 9.35 Å². The molecule has 1 N–H and O–H groups in total. The fraction of sp³-hybridized carbons (Fsp3) is 0.0667. The van der Waals surface area contributed by atoms with E-state index in [1.807, 2.05) is 0 Å². The maximum atomic E-state index is 12.0. The van der Waals surface area contributed by atoms with Gasteiger partial charge in [0.15, 0.2) is 0 Å². The molecule has 120 valence electrons. The van der Waals surface area contributed by atoms with E-state index in [-0.39, 0.29) is 17.9 Å². The number of nitrogens with zero attached hydrogens (tertiary/aromatic N) is 1. The zero-order chi connectivity index (χ0) is 16.8. The van der Waals surface area contributed by atoms with Crippen molar-refractivity contribution in [1.29, 1.82) is 0 Å². The molecule has 0 bridgehead atoms. The maximum absolute atomic E-state index is 12.0. The molecule has 23 heavy (non-hydrogen) atoms. The highest BCUT2D eigenvalue weighted by Crippen LogP contribution is 2.16. The van der Waals surface area contributed by atoms with Gasteiger partial charge >= 0.3 is 6.09 Å². The fourth-order valence-corrected chi connectivity index (χ4v) is 2.29. The zero-order valence-corrected chi connectivity index (χ0v) is 13.3. The molecule has 0 aliphatic carbocycles. The minimum atomic E-state index is -2.54. The van der Waals surface area contributed by atoms with Crippen LogP contribution in [0.1, 0.15) is 15.9 Å². The minimum absolute atomic E-state index is 0.0823. The summed E-state index contributed by atoms with van der Waals surface area (Å²) in [7, 11) is 0. The molecule has 0 aromatic heterocycles. The molecule has 0 aliphatic rings. The van der Waals surface area contributed by atoms with Crippen LogP contribution in [-0.4, -0.2) is 24.4 Å². The second-order valence-corrected chi connectivity index (χ2v) is 5.66. The Kier molecular flexibility index (Phi) is 5.86. The van der Waals surface area contributed by atoms with E-state index in [4.69, 9.17) is 16.3 Å². The van der Waals surface area contributed by atoms with Gasteiger partial charge in [-0.25, -0.2) is 9.00 Å². The highest BCUT2D eigenvalue weighted by Gasteiger charge is 2.21. The van der Waals surface area contributed by atoms with Crippen LogP contribution >= 0.6 is 11.6 Å². The predicted octanol–water partition coefficient (Wildman–Crippen LogP) is 3.20. The Morgan fingerprint density at radius 2 is 1.70 bits per heavy atom. The number of benzene rings is 2. The first-order chi connectivity index (χ1) is 11.0. The van der Waals surface area contributed by atoms with Gasteiger partial charge in [0.2, 0.25) is 0 Å². The predicted molar refractivity (Wildman–Crippen MR) is 85.4 cm³/mol. The molecule has 2 rings (SSSR count). The molecule has 0 saturated carbocycles. The van der Waals surface area contributed by atoms with Crippen molar-refractivity contribution >= 4 is 34.2 Å². The lowest BCUT2D eigenvalue weighted by Crippen LogP contribution is -2.34. The average molecular weight is 354 g/mol. The Balaban J connectivity index is 2.09. The Bertz CT molecular complexity index is 720. The van der Waals surface area contributed by atoms with Crippen LogP contribution in [0, 0.1) is 0 Å². The molecule has 2 aromatic carbocycles. The third-order valence-electron chi connectivity index (χ3n) is 2.85. The summed E-state index contributed by atoms with van der Waals surface area (Å²) >= 11 is 2.78. The Labute approximate surface area is 140 Å². The SMILES string of the molecule is O=C(Cl)c1ccc(OC(=O)N(Cc2ccccc2)S(=O)O)cc1. The zero-order valence-electron chi connectivity index (χ0n) is 11.7. The smallest absolute Gasteiger partial charge is 0.409 e. The second kappa shape index (κ2) is 7.87. The highest BCUT2D eigenvalue weighted by molar-refractivity contribution is 7.77. The fourth-order valence-electron chi connectivity index (χ4n) is 1.74. The summed E-state index contributed by atoms with van der Waals surface area (Å²) in [5, 5.41) is -0.634. The van der Waals surface area contributed by atoms with E-state index < -0.39 is 22.6 Å². The molecule has 8 heteroatoms. The molecule has 0 fully saturated rings. The van der Waals surface area contributed by atoms with Crippen molar-refractivity contribution in [3.05, 3.63) is 65.7 Å². The lowest BCUT2D eigenvalue weighted by Gasteiger charge is -2.17. The van der Waals surface area contributed by atoms with Gasteiger partial charge in [-0.15, -0.1) is 0 Å². The molecule has 0 spiro atoms. The third-order valence-corrected chi connectivity index (χ3v) is 3.72. The number of carbonyl (C=O) groups is 2. The van der Waals surface area contributed by atoms with Crippen LogP contribution in [0.5, 0.6) is 5.75 Å². The first kappa shape index (κ1) is 17.1. The number of hydrogen-bond donors (Lipinski definition) is 1. The van der Waals surface area contributed by atoms with Gasteiger partial charge in [0.25, 0.3) is 16.5 Å². The minimum Gasteiger partial charge on any atom is -0.409 e. The molecule has 1 amide bonds. The van der Waals surface area contributed by atoms with Crippen molar-refractivity contribution < 1.29 is 23.1 Å². The van der Waals surface area contributed by atoms with E-state index in [1.165, 1.54) is 24.3 Å². The monoisotopic (exact) mass is 353 g/mol. The van der Waals surface area contributed by atoms with E-state index in [2.05, 4.69) is 0 Å². The lowest BCUT2D eigenvalue weighted by molar-refractivity contribution is 0.108. The first-order valence-electron chi connectivity index (χ1n) is 6.41. The molecule has 1 atom stereocenters. The van der Waals surface area contributed by atoms with E-state index in [1.54, 1.807) is 30.3 Å². The Morgan fingerprint density at radius 3 is 2.22 bits per heavy atom. The van der Waals surface area contributed by atoms with E-state index in [0.717, 1.165) is 0 Å². The molecule has 1 unspecified atom stereocenters. The van der Waals surface area contributed by atoms with Crippen molar-refractivity contribution in [2.45, 2.75) is 6.54 Å². The summed E-state index contributed by atoms with van der Waals surface area (Å²) in [5.74, 6) is 0.125. The van der Waals surface area contributed by atoms with E-state index in [0.29, 0.717) is 9.87 Å². The summed E-state index contributed by atoms with van der Waals surface area (Å²) in [6.45, 7) is -0.0823. The topological polar surface area (TPSA) is 83.9 Å². The maximum Gasteiger partial charge on any atom is 0.429 e. The number of ether oxygens (including phenoxy) is 1. The van der Waals surface area contributed by atoms with E-state index in [9.17, 15) is 18.4 Å². The molecule has 0 saturated heterocycles. The summed E-state index contributed by atoms with van der Waals surface area (Å²) < 4.78 is 26.3. The summed E-state index contributed by atoms with van der Waals surface area (Å²) in [4.78, 5) is 23.0. The van der Waals surface area contributed by atoms with Gasteiger partial charge in [-0.05, 0) is 41.4 Å². The van der Waals surface area contributed by atoms with Crippen LogP contribution in [0.25, 0.3) is 0 Å². The van der Waals surface area contributed by atoms with Crippen LogP contribution in [0.15, 0.2) is 54.6 Å². The number of carbonyl (C=O) groups excluding carboxylic acids is 2. The summed E-state index contributed by atoms with van der Waals surface area (Å²) in [6, 6.07) is 14.2. The first-order valence-corrected chi connectivity index (χ1v) is 7.85. The van der Waals surface area contributed by atoms with Crippen molar-refractivity contribution in [2.24, 2.45) is 0 Å². The molecule has 0 aliphatic heterocycles. The molecule has 6 nitrogen and oxygen atoms in total. The second-order valence-electron chi connectivity index (χ2n) is 4.42. The van der Waals surface area contributed by atoms with Gasteiger partial charge < -0.3 is 4.74 Å².